The van der Waals surface area contributed by atoms with Crippen LogP contribution in [0.4, 0.5) is 0 Å². The summed E-state index contributed by atoms with van der Waals surface area (Å²) < 4.78 is 11.0. The lowest BCUT2D eigenvalue weighted by molar-refractivity contribution is 0.199. The summed E-state index contributed by atoms with van der Waals surface area (Å²) in [7, 11) is 1.68. The first kappa shape index (κ1) is 12.7. The average molecular weight is 318 g/mol. The number of halogens is 1. The van der Waals surface area contributed by atoms with E-state index in [9.17, 15) is 0 Å². The quantitative estimate of drug-likeness (QED) is 0.828. The summed E-state index contributed by atoms with van der Waals surface area (Å²) in [4.78, 5) is 0. The van der Waals surface area contributed by atoms with Crippen LogP contribution in [0.25, 0.3) is 10.8 Å². The minimum atomic E-state index is 0.691. The lowest BCUT2D eigenvalue weighted by atomic mass is 10.5. The van der Waals surface area contributed by atoms with Crippen molar-refractivity contribution in [2.75, 3.05) is 20.3 Å². The SMILES string of the molecule is COCCNCc1nnc(-c2ccc(Br)o2)s1. The highest BCUT2D eigenvalue weighted by molar-refractivity contribution is 9.10. The number of rotatable bonds is 6. The number of furan rings is 1. The van der Waals surface area contributed by atoms with Gasteiger partial charge in [-0.1, -0.05) is 11.3 Å². The predicted molar refractivity (Wildman–Crippen MR) is 68.9 cm³/mol. The number of aromatic nitrogens is 2. The molecular formula is C10H12BrN3O2S. The Morgan fingerprint density at radius 3 is 3.06 bits per heavy atom. The minimum absolute atomic E-state index is 0.691. The van der Waals surface area contributed by atoms with E-state index in [2.05, 4.69) is 31.4 Å². The third-order valence-corrected chi connectivity index (χ3v) is 3.37. The maximum absolute atomic E-state index is 5.41. The topological polar surface area (TPSA) is 60.2 Å². The fourth-order valence-corrected chi connectivity index (χ4v) is 2.30. The first-order valence-corrected chi connectivity index (χ1v) is 6.68. The molecule has 0 aliphatic heterocycles. The van der Waals surface area contributed by atoms with Crippen LogP contribution in [-0.4, -0.2) is 30.5 Å². The molecule has 0 amide bonds. The van der Waals surface area contributed by atoms with Crippen molar-refractivity contribution in [2.24, 2.45) is 0 Å². The fraction of sp³-hybridized carbons (Fsp3) is 0.400. The van der Waals surface area contributed by atoms with Gasteiger partial charge in [0.25, 0.3) is 0 Å². The molecule has 2 rings (SSSR count). The zero-order chi connectivity index (χ0) is 12.1. The van der Waals surface area contributed by atoms with Crippen LogP contribution in [0.5, 0.6) is 0 Å². The van der Waals surface area contributed by atoms with Gasteiger partial charge in [0.1, 0.15) is 5.01 Å². The standard InChI is InChI=1S/C10H12BrN3O2S/c1-15-5-4-12-6-9-13-14-10(17-9)7-2-3-8(11)16-7/h2-3,12H,4-6H2,1H3. The molecule has 0 saturated heterocycles. The van der Waals surface area contributed by atoms with Gasteiger partial charge in [0.05, 0.1) is 6.61 Å². The summed E-state index contributed by atoms with van der Waals surface area (Å²) in [5.41, 5.74) is 0. The van der Waals surface area contributed by atoms with Crippen LogP contribution in [-0.2, 0) is 11.3 Å². The van der Waals surface area contributed by atoms with E-state index in [0.717, 1.165) is 22.3 Å². The molecule has 0 fully saturated rings. The van der Waals surface area contributed by atoms with E-state index in [1.54, 1.807) is 7.11 Å². The van der Waals surface area contributed by atoms with Gasteiger partial charge in [0.2, 0.25) is 0 Å². The number of hydrogen-bond acceptors (Lipinski definition) is 6. The van der Waals surface area contributed by atoms with Gasteiger partial charge in [0.15, 0.2) is 15.4 Å². The van der Waals surface area contributed by atoms with Gasteiger partial charge in [-0.15, -0.1) is 10.2 Å². The van der Waals surface area contributed by atoms with Gasteiger partial charge in [-0.2, -0.15) is 0 Å². The third-order valence-electron chi connectivity index (χ3n) is 2.01. The number of nitrogens with one attached hydrogen (secondary N) is 1. The Morgan fingerprint density at radius 1 is 1.47 bits per heavy atom. The van der Waals surface area contributed by atoms with Crippen LogP contribution in [0.2, 0.25) is 0 Å². The highest BCUT2D eigenvalue weighted by Crippen LogP contribution is 2.27. The van der Waals surface area contributed by atoms with Crippen LogP contribution in [0.15, 0.2) is 21.2 Å². The number of nitrogens with zero attached hydrogens (tertiary/aromatic N) is 2. The first-order chi connectivity index (χ1) is 8.29. The summed E-state index contributed by atoms with van der Waals surface area (Å²) in [6.07, 6.45) is 0. The molecule has 0 aromatic carbocycles. The molecule has 17 heavy (non-hydrogen) atoms. The first-order valence-electron chi connectivity index (χ1n) is 5.07. The fourth-order valence-electron chi connectivity index (χ4n) is 1.22. The lowest BCUT2D eigenvalue weighted by Crippen LogP contribution is -2.18. The van der Waals surface area contributed by atoms with Gasteiger partial charge in [0, 0.05) is 20.2 Å². The maximum atomic E-state index is 5.41. The average Bonchev–Trinajstić information content (AvgIpc) is 2.93. The van der Waals surface area contributed by atoms with Crippen LogP contribution < -0.4 is 5.32 Å². The molecule has 2 aromatic rings. The summed E-state index contributed by atoms with van der Waals surface area (Å²) >= 11 is 4.78. The molecule has 0 unspecified atom stereocenters. The Hall–Kier alpha value is -0.760. The van der Waals surface area contributed by atoms with Gasteiger partial charge in [-0.05, 0) is 28.1 Å². The van der Waals surface area contributed by atoms with Crippen molar-refractivity contribution in [3.05, 3.63) is 21.8 Å². The van der Waals surface area contributed by atoms with Gasteiger partial charge < -0.3 is 14.5 Å². The zero-order valence-electron chi connectivity index (χ0n) is 9.27. The molecule has 5 nitrogen and oxygen atoms in total. The van der Waals surface area contributed by atoms with Crippen LogP contribution in [0.1, 0.15) is 5.01 Å². The largest absolute Gasteiger partial charge is 0.447 e. The zero-order valence-corrected chi connectivity index (χ0v) is 11.7. The Morgan fingerprint density at radius 2 is 2.35 bits per heavy atom. The van der Waals surface area contributed by atoms with Gasteiger partial charge >= 0.3 is 0 Å². The van der Waals surface area contributed by atoms with E-state index >= 15 is 0 Å². The van der Waals surface area contributed by atoms with Gasteiger partial charge in [-0.3, -0.25) is 0 Å². The molecule has 0 bridgehead atoms. The van der Waals surface area contributed by atoms with Gasteiger partial charge in [-0.25, -0.2) is 0 Å². The Bertz CT molecular complexity index is 472. The molecular weight excluding hydrogens is 306 g/mol. The molecule has 1 N–H and O–H groups in total. The summed E-state index contributed by atoms with van der Waals surface area (Å²) in [5, 5.41) is 13.1. The van der Waals surface area contributed by atoms with E-state index in [1.165, 1.54) is 11.3 Å². The second kappa shape index (κ2) is 6.25. The van der Waals surface area contributed by atoms with E-state index in [-0.39, 0.29) is 0 Å². The molecule has 0 spiro atoms. The summed E-state index contributed by atoms with van der Waals surface area (Å²) in [6.45, 7) is 2.19. The molecule has 92 valence electrons. The van der Waals surface area contributed by atoms with Crippen molar-refractivity contribution in [3.8, 4) is 10.8 Å². The molecule has 7 heteroatoms. The Balaban J connectivity index is 1.92. The molecule has 0 saturated carbocycles. The monoisotopic (exact) mass is 317 g/mol. The third kappa shape index (κ3) is 3.60. The van der Waals surface area contributed by atoms with Crippen molar-refractivity contribution < 1.29 is 9.15 Å². The van der Waals surface area contributed by atoms with Crippen molar-refractivity contribution in [1.82, 2.24) is 15.5 Å². The maximum Gasteiger partial charge on any atom is 0.183 e. The molecule has 0 radical (unpaired) electrons. The molecule has 2 heterocycles. The number of methoxy groups -OCH3 is 1. The lowest BCUT2D eigenvalue weighted by Gasteiger charge is -1.99. The van der Waals surface area contributed by atoms with Crippen molar-refractivity contribution >= 4 is 27.3 Å². The van der Waals surface area contributed by atoms with E-state index in [4.69, 9.17) is 9.15 Å². The molecule has 2 aromatic heterocycles. The Labute approximate surface area is 111 Å². The molecule has 0 aliphatic carbocycles. The highest BCUT2D eigenvalue weighted by atomic mass is 79.9. The summed E-state index contributed by atoms with van der Waals surface area (Å²) in [6, 6.07) is 3.71. The van der Waals surface area contributed by atoms with E-state index < -0.39 is 0 Å². The van der Waals surface area contributed by atoms with Crippen molar-refractivity contribution in [3.63, 3.8) is 0 Å². The second-order valence-corrected chi connectivity index (χ2v) is 5.12. The minimum Gasteiger partial charge on any atom is -0.447 e. The summed E-state index contributed by atoms with van der Waals surface area (Å²) in [5.74, 6) is 0.734. The van der Waals surface area contributed by atoms with Crippen molar-refractivity contribution in [2.45, 2.75) is 6.54 Å². The van der Waals surface area contributed by atoms with Crippen molar-refractivity contribution in [1.29, 1.82) is 0 Å². The van der Waals surface area contributed by atoms with Crippen LogP contribution >= 0.6 is 27.3 Å². The predicted octanol–water partition coefficient (Wildman–Crippen LogP) is 2.30. The second-order valence-electron chi connectivity index (χ2n) is 3.27. The number of ether oxygens (including phenoxy) is 1. The number of hydrogen-bond donors (Lipinski definition) is 1. The van der Waals surface area contributed by atoms with E-state index in [1.807, 2.05) is 12.1 Å². The highest BCUT2D eigenvalue weighted by Gasteiger charge is 2.09. The Kier molecular flexibility index (Phi) is 4.66. The normalized spacial score (nSPS) is 10.9. The molecule has 0 atom stereocenters. The van der Waals surface area contributed by atoms with Crippen LogP contribution in [0, 0.1) is 0 Å². The van der Waals surface area contributed by atoms with Crippen LogP contribution in [0.3, 0.4) is 0 Å². The molecule has 0 aliphatic rings. The smallest absolute Gasteiger partial charge is 0.183 e. The van der Waals surface area contributed by atoms with E-state index in [0.29, 0.717) is 17.8 Å².